The van der Waals surface area contributed by atoms with Crippen molar-refractivity contribution < 1.29 is 4.79 Å². The Morgan fingerprint density at radius 3 is 2.29 bits per heavy atom. The summed E-state index contributed by atoms with van der Waals surface area (Å²) in [5.74, 6) is 1.18. The first-order valence-electron chi connectivity index (χ1n) is 8.66. The van der Waals surface area contributed by atoms with E-state index in [-0.39, 0.29) is 17.8 Å². The summed E-state index contributed by atoms with van der Waals surface area (Å²) in [5, 5.41) is 0. The first kappa shape index (κ1) is 17.1. The van der Waals surface area contributed by atoms with Gasteiger partial charge in [0.2, 0.25) is 5.91 Å². The van der Waals surface area contributed by atoms with Gasteiger partial charge in [0.15, 0.2) is 0 Å². The molecule has 0 radical (unpaired) electrons. The van der Waals surface area contributed by atoms with Gasteiger partial charge in [0, 0.05) is 18.5 Å². The lowest BCUT2D eigenvalue weighted by Crippen LogP contribution is -2.45. The van der Waals surface area contributed by atoms with Gasteiger partial charge in [-0.15, -0.1) is 12.4 Å². The molecule has 3 nitrogen and oxygen atoms in total. The van der Waals surface area contributed by atoms with E-state index < -0.39 is 0 Å². The number of rotatable bonds is 6. The minimum atomic E-state index is 0. The summed E-state index contributed by atoms with van der Waals surface area (Å²) in [5.41, 5.74) is 6.17. The molecule has 3 rings (SSSR count). The van der Waals surface area contributed by atoms with Gasteiger partial charge in [-0.3, -0.25) is 4.79 Å². The van der Waals surface area contributed by atoms with E-state index in [1.54, 1.807) is 0 Å². The van der Waals surface area contributed by atoms with E-state index in [1.165, 1.54) is 44.9 Å². The number of hydrogen-bond donors (Lipinski definition) is 1. The van der Waals surface area contributed by atoms with Crippen LogP contribution in [-0.2, 0) is 4.79 Å². The van der Waals surface area contributed by atoms with Crippen molar-refractivity contribution in [3.8, 4) is 0 Å². The zero-order chi connectivity index (χ0) is 14.2. The van der Waals surface area contributed by atoms with E-state index in [1.807, 2.05) is 0 Å². The highest BCUT2D eigenvalue weighted by Gasteiger charge is 2.43. The van der Waals surface area contributed by atoms with Crippen molar-refractivity contribution in [1.82, 2.24) is 4.90 Å². The third-order valence-electron chi connectivity index (χ3n) is 5.84. The molecule has 0 spiro atoms. The third-order valence-corrected chi connectivity index (χ3v) is 5.84. The van der Waals surface area contributed by atoms with E-state index in [9.17, 15) is 4.79 Å². The molecular weight excluding hydrogens is 284 g/mol. The molecule has 1 atom stereocenters. The summed E-state index contributed by atoms with van der Waals surface area (Å²) in [7, 11) is 0. The molecule has 2 N–H and O–H groups in total. The van der Waals surface area contributed by atoms with Crippen LogP contribution >= 0.6 is 12.4 Å². The molecule has 3 saturated carbocycles. The van der Waals surface area contributed by atoms with E-state index in [4.69, 9.17) is 5.73 Å². The average molecular weight is 315 g/mol. The second-order valence-electron chi connectivity index (χ2n) is 7.55. The summed E-state index contributed by atoms with van der Waals surface area (Å²) < 4.78 is 0. The van der Waals surface area contributed by atoms with Gasteiger partial charge < -0.3 is 10.6 Å². The maximum Gasteiger partial charge on any atom is 0.223 e. The van der Waals surface area contributed by atoms with E-state index in [2.05, 4.69) is 11.8 Å². The van der Waals surface area contributed by atoms with E-state index in [0.717, 1.165) is 18.8 Å². The lowest BCUT2D eigenvalue weighted by Gasteiger charge is -2.39. The van der Waals surface area contributed by atoms with Crippen molar-refractivity contribution in [3.05, 3.63) is 0 Å². The zero-order valence-electron chi connectivity index (χ0n) is 13.4. The minimum Gasteiger partial charge on any atom is -0.337 e. The monoisotopic (exact) mass is 314 g/mol. The van der Waals surface area contributed by atoms with Gasteiger partial charge in [-0.05, 0) is 63.3 Å². The van der Waals surface area contributed by atoms with Crippen LogP contribution < -0.4 is 5.73 Å². The number of carbonyl (C=O) groups is 1. The number of nitrogens with two attached hydrogens (primary N) is 1. The Bertz CT molecular complexity index is 360. The molecule has 0 heterocycles. The molecule has 3 aliphatic carbocycles. The van der Waals surface area contributed by atoms with Crippen LogP contribution in [0.2, 0.25) is 0 Å². The average Bonchev–Trinajstić information content (AvgIpc) is 3.31. The van der Waals surface area contributed by atoms with Gasteiger partial charge in [0.05, 0.1) is 0 Å². The van der Waals surface area contributed by atoms with Crippen LogP contribution in [0.15, 0.2) is 0 Å². The van der Waals surface area contributed by atoms with Crippen molar-refractivity contribution >= 4 is 18.3 Å². The quantitative estimate of drug-likeness (QED) is 0.815. The van der Waals surface area contributed by atoms with Crippen LogP contribution in [0.25, 0.3) is 0 Å². The van der Waals surface area contributed by atoms with Crippen molar-refractivity contribution in [2.24, 2.45) is 17.1 Å². The molecule has 0 bridgehead atoms. The van der Waals surface area contributed by atoms with Gasteiger partial charge in [-0.2, -0.15) is 0 Å². The fourth-order valence-corrected chi connectivity index (χ4v) is 4.09. The minimum absolute atomic E-state index is 0. The second kappa shape index (κ2) is 6.87. The number of hydrogen-bond acceptors (Lipinski definition) is 2. The topological polar surface area (TPSA) is 46.3 Å². The molecule has 1 amide bonds. The molecule has 3 aliphatic rings. The maximum atomic E-state index is 12.9. The third kappa shape index (κ3) is 3.92. The molecule has 122 valence electrons. The second-order valence-corrected chi connectivity index (χ2v) is 7.55. The predicted octanol–water partition coefficient (Wildman–Crippen LogP) is 3.50. The Kier molecular flexibility index (Phi) is 5.59. The lowest BCUT2D eigenvalue weighted by molar-refractivity contribution is -0.137. The summed E-state index contributed by atoms with van der Waals surface area (Å²) >= 11 is 0. The van der Waals surface area contributed by atoms with Crippen molar-refractivity contribution in [1.29, 1.82) is 0 Å². The highest BCUT2D eigenvalue weighted by Crippen LogP contribution is 2.43. The molecule has 1 unspecified atom stereocenters. The van der Waals surface area contributed by atoms with Crippen LogP contribution in [0.1, 0.15) is 71.1 Å². The van der Waals surface area contributed by atoms with Crippen LogP contribution in [0, 0.1) is 11.3 Å². The fourth-order valence-electron chi connectivity index (χ4n) is 4.09. The number of amides is 1. The van der Waals surface area contributed by atoms with Crippen LogP contribution in [0.4, 0.5) is 0 Å². The summed E-state index contributed by atoms with van der Waals surface area (Å²) in [4.78, 5) is 15.2. The molecule has 3 fully saturated rings. The number of halogens is 1. The summed E-state index contributed by atoms with van der Waals surface area (Å²) in [6, 6.07) is 1.02. The Balaban J connectivity index is 0.00000161. The Hall–Kier alpha value is -0.280. The molecule has 0 aromatic heterocycles. The molecule has 0 aliphatic heterocycles. The van der Waals surface area contributed by atoms with Gasteiger partial charge >= 0.3 is 0 Å². The number of carbonyl (C=O) groups excluding carboxylic acids is 1. The largest absolute Gasteiger partial charge is 0.337 e. The summed E-state index contributed by atoms with van der Waals surface area (Å²) in [6.45, 7) is 2.96. The van der Waals surface area contributed by atoms with Gasteiger partial charge in [-0.25, -0.2) is 0 Å². The molecule has 4 heteroatoms. The molecule has 0 aromatic rings. The fraction of sp³-hybridized carbons (Fsp3) is 0.941. The van der Waals surface area contributed by atoms with Crippen molar-refractivity contribution in [3.63, 3.8) is 0 Å². The molecular formula is C17H31ClN2O. The van der Waals surface area contributed by atoms with E-state index >= 15 is 0 Å². The molecule has 0 saturated heterocycles. The van der Waals surface area contributed by atoms with Gasteiger partial charge in [0.1, 0.15) is 0 Å². The van der Waals surface area contributed by atoms with Crippen LogP contribution in [0.3, 0.4) is 0 Å². The predicted molar refractivity (Wildman–Crippen MR) is 88.5 cm³/mol. The van der Waals surface area contributed by atoms with Crippen molar-refractivity contribution in [2.45, 2.75) is 83.2 Å². The highest BCUT2D eigenvalue weighted by molar-refractivity contribution is 5.85. The number of nitrogens with zero attached hydrogens (tertiary/aromatic N) is 1. The first-order chi connectivity index (χ1) is 9.65. The highest BCUT2D eigenvalue weighted by atomic mass is 35.5. The Labute approximate surface area is 135 Å². The Morgan fingerprint density at radius 1 is 1.19 bits per heavy atom. The maximum absolute atomic E-state index is 12.9. The molecule has 0 aromatic carbocycles. The molecule has 21 heavy (non-hydrogen) atoms. The first-order valence-corrected chi connectivity index (χ1v) is 8.66. The summed E-state index contributed by atoms with van der Waals surface area (Å²) in [6.07, 6.45) is 11.9. The normalized spacial score (nSPS) is 25.8. The van der Waals surface area contributed by atoms with Gasteiger partial charge in [-0.1, -0.05) is 19.3 Å². The lowest BCUT2D eigenvalue weighted by atomic mass is 9.71. The smallest absolute Gasteiger partial charge is 0.223 e. The zero-order valence-corrected chi connectivity index (χ0v) is 14.2. The van der Waals surface area contributed by atoms with Gasteiger partial charge in [0.25, 0.3) is 0 Å². The van der Waals surface area contributed by atoms with Crippen LogP contribution in [-0.4, -0.2) is 29.4 Å². The Morgan fingerprint density at radius 2 is 1.81 bits per heavy atom. The SMILES string of the molecule is CC(C1CC1)N(C(=O)CC1(CN)CCCCC1)C1CC1.Cl. The van der Waals surface area contributed by atoms with E-state index in [0.29, 0.717) is 31.0 Å². The van der Waals surface area contributed by atoms with Crippen molar-refractivity contribution in [2.75, 3.05) is 6.54 Å². The van der Waals surface area contributed by atoms with Crippen LogP contribution in [0.5, 0.6) is 0 Å². The standard InChI is InChI=1S/C17H30N2O.ClH/c1-13(14-5-6-14)19(15-7-8-15)16(20)11-17(12-18)9-3-2-4-10-17;/h13-15H,2-12,18H2,1H3;1H.